The average molecular weight is 202 g/mol. The summed E-state index contributed by atoms with van der Waals surface area (Å²) in [5.41, 5.74) is 2.87. The largest absolute Gasteiger partial charge is 0.381 e. The van der Waals surface area contributed by atoms with Crippen LogP contribution >= 0.6 is 0 Å². The van der Waals surface area contributed by atoms with Gasteiger partial charge in [-0.15, -0.1) is 0 Å². The number of hydrogen-bond acceptors (Lipinski definition) is 4. The second kappa shape index (κ2) is 6.35. The van der Waals surface area contributed by atoms with Gasteiger partial charge in [-0.2, -0.15) is 0 Å². The third-order valence-corrected chi connectivity index (χ3v) is 2.94. The highest BCUT2D eigenvalue weighted by Gasteiger charge is 2.30. The van der Waals surface area contributed by atoms with Gasteiger partial charge >= 0.3 is 0 Å². The van der Waals surface area contributed by atoms with Gasteiger partial charge in [0, 0.05) is 19.6 Å². The third kappa shape index (κ3) is 2.92. The molecular formula is C10H22N2O2. The Morgan fingerprint density at radius 2 is 2.43 bits per heavy atom. The highest BCUT2D eigenvalue weighted by molar-refractivity contribution is 4.84. The molecule has 0 amide bonds. The fourth-order valence-corrected chi connectivity index (χ4v) is 2.11. The monoisotopic (exact) mass is 202 g/mol. The van der Waals surface area contributed by atoms with Crippen LogP contribution in [0.5, 0.6) is 0 Å². The van der Waals surface area contributed by atoms with E-state index >= 15 is 0 Å². The molecule has 1 saturated heterocycles. The number of nitrogens with two attached hydrogens (primary N) is 1. The molecule has 0 saturated carbocycles. The van der Waals surface area contributed by atoms with Crippen LogP contribution in [0.2, 0.25) is 0 Å². The number of ether oxygens (including phenoxy) is 2. The number of methoxy groups -OCH3 is 1. The van der Waals surface area contributed by atoms with Crippen LogP contribution in [0, 0.1) is 5.92 Å². The molecule has 3 atom stereocenters. The summed E-state index contributed by atoms with van der Waals surface area (Å²) < 4.78 is 10.8. The number of hydrogen-bond donors (Lipinski definition) is 2. The van der Waals surface area contributed by atoms with Gasteiger partial charge in [-0.1, -0.05) is 13.3 Å². The van der Waals surface area contributed by atoms with Gasteiger partial charge in [0.05, 0.1) is 18.8 Å². The molecule has 1 rings (SSSR count). The molecule has 4 nitrogen and oxygen atoms in total. The number of rotatable bonds is 6. The summed E-state index contributed by atoms with van der Waals surface area (Å²) in [5.74, 6) is 6.07. The summed E-state index contributed by atoms with van der Waals surface area (Å²) in [4.78, 5) is 0. The smallest absolute Gasteiger partial charge is 0.0741 e. The fraction of sp³-hybridized carbons (Fsp3) is 1.00. The second-order valence-corrected chi connectivity index (χ2v) is 3.88. The van der Waals surface area contributed by atoms with Gasteiger partial charge in [-0.05, 0) is 12.8 Å². The molecule has 1 aliphatic heterocycles. The SMILES string of the molecule is CCCC(OC)C(NN)C1CCOC1. The maximum atomic E-state index is 5.57. The molecule has 4 heteroatoms. The molecule has 84 valence electrons. The molecule has 0 aromatic carbocycles. The van der Waals surface area contributed by atoms with Gasteiger partial charge < -0.3 is 9.47 Å². The van der Waals surface area contributed by atoms with Crippen LogP contribution in [-0.4, -0.2) is 32.5 Å². The first-order valence-electron chi connectivity index (χ1n) is 5.40. The van der Waals surface area contributed by atoms with Gasteiger partial charge in [-0.25, -0.2) is 0 Å². The van der Waals surface area contributed by atoms with E-state index in [1.165, 1.54) is 0 Å². The molecule has 0 aromatic rings. The van der Waals surface area contributed by atoms with Crippen molar-refractivity contribution < 1.29 is 9.47 Å². The second-order valence-electron chi connectivity index (χ2n) is 3.88. The van der Waals surface area contributed by atoms with Crippen LogP contribution in [-0.2, 0) is 9.47 Å². The molecule has 0 radical (unpaired) electrons. The number of nitrogens with one attached hydrogen (secondary N) is 1. The van der Waals surface area contributed by atoms with Crippen LogP contribution in [0.3, 0.4) is 0 Å². The predicted molar refractivity (Wildman–Crippen MR) is 55.7 cm³/mol. The normalized spacial score (nSPS) is 26.4. The van der Waals surface area contributed by atoms with E-state index in [1.807, 2.05) is 0 Å². The van der Waals surface area contributed by atoms with Gasteiger partial charge in [-0.3, -0.25) is 11.3 Å². The van der Waals surface area contributed by atoms with Crippen LogP contribution in [0.15, 0.2) is 0 Å². The van der Waals surface area contributed by atoms with Crippen molar-refractivity contribution in [1.29, 1.82) is 0 Å². The molecule has 3 unspecified atom stereocenters. The Morgan fingerprint density at radius 3 is 2.86 bits per heavy atom. The highest BCUT2D eigenvalue weighted by Crippen LogP contribution is 2.21. The van der Waals surface area contributed by atoms with Crippen LogP contribution < -0.4 is 11.3 Å². The molecule has 14 heavy (non-hydrogen) atoms. The Bertz CT molecular complexity index is 149. The summed E-state index contributed by atoms with van der Waals surface area (Å²) in [7, 11) is 1.75. The van der Waals surface area contributed by atoms with Crippen molar-refractivity contribution in [2.45, 2.75) is 38.3 Å². The van der Waals surface area contributed by atoms with Gasteiger partial charge in [0.2, 0.25) is 0 Å². The van der Waals surface area contributed by atoms with E-state index in [-0.39, 0.29) is 12.1 Å². The topological polar surface area (TPSA) is 56.5 Å². The summed E-state index contributed by atoms with van der Waals surface area (Å²) in [6.45, 7) is 3.81. The summed E-state index contributed by atoms with van der Waals surface area (Å²) >= 11 is 0. The average Bonchev–Trinajstić information content (AvgIpc) is 2.71. The first-order chi connectivity index (χ1) is 6.83. The zero-order chi connectivity index (χ0) is 10.4. The molecule has 0 aromatic heterocycles. The standard InChI is InChI=1S/C10H22N2O2/c1-3-4-9(13-2)10(12-11)8-5-6-14-7-8/h8-10,12H,3-7,11H2,1-2H3. The molecule has 0 aliphatic carbocycles. The first kappa shape index (κ1) is 11.9. The van der Waals surface area contributed by atoms with Gasteiger partial charge in [0.1, 0.15) is 0 Å². The minimum atomic E-state index is 0.205. The van der Waals surface area contributed by atoms with E-state index in [9.17, 15) is 0 Å². The number of hydrazine groups is 1. The van der Waals surface area contributed by atoms with Crippen molar-refractivity contribution in [3.63, 3.8) is 0 Å². The van der Waals surface area contributed by atoms with Gasteiger partial charge in [0.15, 0.2) is 0 Å². The third-order valence-electron chi connectivity index (χ3n) is 2.94. The Morgan fingerprint density at radius 1 is 1.64 bits per heavy atom. The quantitative estimate of drug-likeness (QED) is 0.491. The maximum Gasteiger partial charge on any atom is 0.0741 e. The van der Waals surface area contributed by atoms with E-state index in [4.69, 9.17) is 15.3 Å². The zero-order valence-corrected chi connectivity index (χ0v) is 9.16. The molecule has 1 fully saturated rings. The van der Waals surface area contributed by atoms with E-state index in [1.54, 1.807) is 7.11 Å². The van der Waals surface area contributed by atoms with E-state index in [0.717, 1.165) is 32.5 Å². The van der Waals surface area contributed by atoms with Crippen molar-refractivity contribution >= 4 is 0 Å². The Balaban J connectivity index is 2.48. The zero-order valence-electron chi connectivity index (χ0n) is 9.16. The Labute approximate surface area is 86.1 Å². The predicted octanol–water partition coefficient (Wildman–Crippen LogP) is 0.670. The van der Waals surface area contributed by atoms with Crippen molar-refractivity contribution in [3.8, 4) is 0 Å². The lowest BCUT2D eigenvalue weighted by Gasteiger charge is -2.29. The minimum absolute atomic E-state index is 0.205. The lowest BCUT2D eigenvalue weighted by atomic mass is 9.92. The van der Waals surface area contributed by atoms with E-state index < -0.39 is 0 Å². The van der Waals surface area contributed by atoms with Gasteiger partial charge in [0.25, 0.3) is 0 Å². The fourth-order valence-electron chi connectivity index (χ4n) is 2.11. The molecule has 1 aliphatic rings. The molecule has 0 spiro atoms. The van der Waals surface area contributed by atoms with Crippen molar-refractivity contribution in [3.05, 3.63) is 0 Å². The lowest BCUT2D eigenvalue weighted by molar-refractivity contribution is 0.0374. The van der Waals surface area contributed by atoms with Crippen molar-refractivity contribution in [2.24, 2.45) is 11.8 Å². The lowest BCUT2D eigenvalue weighted by Crippen LogP contribution is -2.49. The van der Waals surface area contributed by atoms with Crippen LogP contribution in [0.1, 0.15) is 26.2 Å². The van der Waals surface area contributed by atoms with E-state index in [0.29, 0.717) is 5.92 Å². The van der Waals surface area contributed by atoms with Crippen molar-refractivity contribution in [2.75, 3.05) is 20.3 Å². The summed E-state index contributed by atoms with van der Waals surface area (Å²) in [6, 6.07) is 0.224. The van der Waals surface area contributed by atoms with Crippen LogP contribution in [0.4, 0.5) is 0 Å². The summed E-state index contributed by atoms with van der Waals surface area (Å²) in [5, 5.41) is 0. The first-order valence-corrected chi connectivity index (χ1v) is 5.40. The Hall–Kier alpha value is -0.160. The Kier molecular flexibility index (Phi) is 5.40. The molecule has 3 N–H and O–H groups in total. The van der Waals surface area contributed by atoms with E-state index in [2.05, 4.69) is 12.3 Å². The minimum Gasteiger partial charge on any atom is -0.381 e. The van der Waals surface area contributed by atoms with Crippen molar-refractivity contribution in [1.82, 2.24) is 5.43 Å². The maximum absolute atomic E-state index is 5.57. The molecular weight excluding hydrogens is 180 g/mol. The highest BCUT2D eigenvalue weighted by atomic mass is 16.5. The molecule has 0 bridgehead atoms. The molecule has 1 heterocycles. The summed E-state index contributed by atoms with van der Waals surface area (Å²) in [6.07, 6.45) is 3.45. The van der Waals surface area contributed by atoms with Crippen LogP contribution in [0.25, 0.3) is 0 Å².